The van der Waals surface area contributed by atoms with Gasteiger partial charge in [0.25, 0.3) is 5.91 Å². The summed E-state index contributed by atoms with van der Waals surface area (Å²) < 4.78 is 5.52. The summed E-state index contributed by atoms with van der Waals surface area (Å²) in [6, 6.07) is 5.52. The SMILES string of the molecule is CCN(C)C(=O)COc1ccc(C)cc1/C(C)=N/O. The first-order valence-electron chi connectivity index (χ1n) is 6.16. The Balaban J connectivity index is 2.87. The minimum absolute atomic E-state index is 0.0287. The number of hydrogen-bond donors (Lipinski definition) is 1. The van der Waals surface area contributed by atoms with E-state index in [1.54, 1.807) is 24.9 Å². The number of nitrogens with zero attached hydrogens (tertiary/aromatic N) is 2. The molecule has 0 saturated heterocycles. The van der Waals surface area contributed by atoms with Gasteiger partial charge in [0.15, 0.2) is 6.61 Å². The Labute approximate surface area is 113 Å². The lowest BCUT2D eigenvalue weighted by Gasteiger charge is -2.16. The summed E-state index contributed by atoms with van der Waals surface area (Å²) in [5.74, 6) is 0.450. The lowest BCUT2D eigenvalue weighted by molar-refractivity contribution is -0.131. The fraction of sp³-hybridized carbons (Fsp3) is 0.429. The summed E-state index contributed by atoms with van der Waals surface area (Å²) in [7, 11) is 1.72. The summed E-state index contributed by atoms with van der Waals surface area (Å²) in [6.45, 7) is 6.13. The lowest BCUT2D eigenvalue weighted by Crippen LogP contribution is -2.31. The minimum atomic E-state index is -0.0902. The van der Waals surface area contributed by atoms with Crippen LogP contribution in [0.5, 0.6) is 5.75 Å². The van der Waals surface area contributed by atoms with Crippen molar-refractivity contribution in [1.29, 1.82) is 0 Å². The summed E-state index contributed by atoms with van der Waals surface area (Å²) in [4.78, 5) is 13.3. The van der Waals surface area contributed by atoms with Crippen LogP contribution in [-0.2, 0) is 4.79 Å². The highest BCUT2D eigenvalue weighted by Crippen LogP contribution is 2.21. The Bertz CT molecular complexity index is 484. The van der Waals surface area contributed by atoms with Crippen molar-refractivity contribution in [3.05, 3.63) is 29.3 Å². The number of carbonyl (C=O) groups excluding carboxylic acids is 1. The molecule has 0 aromatic heterocycles. The van der Waals surface area contributed by atoms with Crippen LogP contribution >= 0.6 is 0 Å². The fourth-order valence-electron chi connectivity index (χ4n) is 1.53. The summed E-state index contributed by atoms with van der Waals surface area (Å²) in [5.41, 5.74) is 2.17. The predicted molar refractivity (Wildman–Crippen MR) is 74.0 cm³/mol. The smallest absolute Gasteiger partial charge is 0.260 e. The van der Waals surface area contributed by atoms with Crippen LogP contribution in [0.15, 0.2) is 23.4 Å². The van der Waals surface area contributed by atoms with Crippen LogP contribution < -0.4 is 4.74 Å². The first kappa shape index (κ1) is 15.0. The van der Waals surface area contributed by atoms with E-state index in [1.165, 1.54) is 0 Å². The molecule has 5 nitrogen and oxygen atoms in total. The monoisotopic (exact) mass is 264 g/mol. The van der Waals surface area contributed by atoms with E-state index in [0.29, 0.717) is 23.6 Å². The molecule has 1 N–H and O–H groups in total. The molecular weight excluding hydrogens is 244 g/mol. The number of oxime groups is 1. The first-order valence-corrected chi connectivity index (χ1v) is 6.16. The van der Waals surface area contributed by atoms with Crippen LogP contribution in [0, 0.1) is 6.92 Å². The molecule has 0 aliphatic rings. The molecule has 0 fully saturated rings. The number of aryl methyl sites for hydroxylation is 1. The highest BCUT2D eigenvalue weighted by molar-refractivity contribution is 6.01. The summed E-state index contributed by atoms with van der Waals surface area (Å²) >= 11 is 0. The number of benzene rings is 1. The number of amides is 1. The van der Waals surface area contributed by atoms with Gasteiger partial charge in [-0.3, -0.25) is 4.79 Å². The number of rotatable bonds is 5. The van der Waals surface area contributed by atoms with E-state index in [4.69, 9.17) is 9.94 Å². The number of hydrogen-bond acceptors (Lipinski definition) is 4. The molecule has 0 aliphatic carbocycles. The van der Waals surface area contributed by atoms with Crippen LogP contribution in [0.4, 0.5) is 0 Å². The molecule has 1 aromatic carbocycles. The van der Waals surface area contributed by atoms with Gasteiger partial charge in [0.2, 0.25) is 0 Å². The first-order chi connectivity index (χ1) is 8.99. The van der Waals surface area contributed by atoms with Crippen molar-refractivity contribution in [2.24, 2.45) is 5.16 Å². The zero-order valence-corrected chi connectivity index (χ0v) is 11.8. The molecule has 0 spiro atoms. The Morgan fingerprint density at radius 2 is 2.16 bits per heavy atom. The molecule has 0 atom stereocenters. The largest absolute Gasteiger partial charge is 0.483 e. The Morgan fingerprint density at radius 1 is 1.47 bits per heavy atom. The highest BCUT2D eigenvalue weighted by atomic mass is 16.5. The summed E-state index contributed by atoms with van der Waals surface area (Å²) in [6.07, 6.45) is 0. The van der Waals surface area contributed by atoms with E-state index in [-0.39, 0.29) is 12.5 Å². The van der Waals surface area contributed by atoms with Crippen LogP contribution in [-0.4, -0.2) is 41.9 Å². The molecule has 1 aromatic rings. The van der Waals surface area contributed by atoms with Gasteiger partial charge in [-0.05, 0) is 32.9 Å². The van der Waals surface area contributed by atoms with Gasteiger partial charge in [-0.2, -0.15) is 0 Å². The van der Waals surface area contributed by atoms with E-state index in [0.717, 1.165) is 5.56 Å². The average Bonchev–Trinajstić information content (AvgIpc) is 2.43. The van der Waals surface area contributed by atoms with E-state index >= 15 is 0 Å². The minimum Gasteiger partial charge on any atom is -0.483 e. The maximum Gasteiger partial charge on any atom is 0.260 e. The van der Waals surface area contributed by atoms with Gasteiger partial charge >= 0.3 is 0 Å². The van der Waals surface area contributed by atoms with Crippen LogP contribution in [0.1, 0.15) is 25.0 Å². The van der Waals surface area contributed by atoms with Crippen LogP contribution in [0.3, 0.4) is 0 Å². The maximum atomic E-state index is 11.7. The molecule has 1 rings (SSSR count). The molecule has 0 heterocycles. The van der Waals surface area contributed by atoms with Crippen LogP contribution in [0.2, 0.25) is 0 Å². The average molecular weight is 264 g/mol. The van der Waals surface area contributed by atoms with Gasteiger partial charge in [-0.1, -0.05) is 16.8 Å². The number of ether oxygens (including phenoxy) is 1. The second kappa shape index (κ2) is 6.78. The third-order valence-corrected chi connectivity index (χ3v) is 2.93. The van der Waals surface area contributed by atoms with Crippen LogP contribution in [0.25, 0.3) is 0 Å². The summed E-state index contributed by atoms with van der Waals surface area (Å²) in [5, 5.41) is 12.0. The van der Waals surface area contributed by atoms with Gasteiger partial charge in [-0.15, -0.1) is 0 Å². The maximum absolute atomic E-state index is 11.7. The predicted octanol–water partition coefficient (Wildman–Crippen LogP) is 2.05. The molecule has 5 heteroatoms. The van der Waals surface area contributed by atoms with Crippen molar-refractivity contribution in [3.8, 4) is 5.75 Å². The molecule has 0 saturated carbocycles. The molecule has 0 bridgehead atoms. The standard InChI is InChI=1S/C14H20N2O3/c1-5-16(4)14(17)9-19-13-7-6-10(2)8-12(13)11(3)15-18/h6-8,18H,5,9H2,1-4H3/b15-11+. The molecule has 0 radical (unpaired) electrons. The van der Waals surface area contributed by atoms with Gasteiger partial charge in [0.1, 0.15) is 5.75 Å². The Kier molecular flexibility index (Phi) is 5.36. The van der Waals surface area contributed by atoms with Crippen molar-refractivity contribution in [2.45, 2.75) is 20.8 Å². The zero-order valence-electron chi connectivity index (χ0n) is 11.8. The van der Waals surface area contributed by atoms with Gasteiger partial charge in [-0.25, -0.2) is 0 Å². The van der Waals surface area contributed by atoms with E-state index in [2.05, 4.69) is 5.16 Å². The topological polar surface area (TPSA) is 62.1 Å². The quantitative estimate of drug-likeness (QED) is 0.503. The normalized spacial score (nSPS) is 11.3. The molecular formula is C14H20N2O3. The van der Waals surface area contributed by atoms with Crippen molar-refractivity contribution < 1.29 is 14.7 Å². The molecule has 1 amide bonds. The van der Waals surface area contributed by atoms with Crippen molar-refractivity contribution in [1.82, 2.24) is 4.90 Å². The second-order valence-corrected chi connectivity index (χ2v) is 4.38. The van der Waals surface area contributed by atoms with Gasteiger partial charge < -0.3 is 14.8 Å². The number of carbonyl (C=O) groups is 1. The lowest BCUT2D eigenvalue weighted by atomic mass is 10.1. The fourth-order valence-corrected chi connectivity index (χ4v) is 1.53. The van der Waals surface area contributed by atoms with E-state index < -0.39 is 0 Å². The van der Waals surface area contributed by atoms with Gasteiger partial charge in [0.05, 0.1) is 5.71 Å². The van der Waals surface area contributed by atoms with Crippen molar-refractivity contribution in [2.75, 3.05) is 20.2 Å². The Morgan fingerprint density at radius 3 is 2.74 bits per heavy atom. The zero-order chi connectivity index (χ0) is 14.4. The highest BCUT2D eigenvalue weighted by Gasteiger charge is 2.11. The van der Waals surface area contributed by atoms with Crippen molar-refractivity contribution >= 4 is 11.6 Å². The molecule has 19 heavy (non-hydrogen) atoms. The molecule has 0 aliphatic heterocycles. The molecule has 104 valence electrons. The van der Waals surface area contributed by atoms with Gasteiger partial charge in [0, 0.05) is 19.2 Å². The second-order valence-electron chi connectivity index (χ2n) is 4.38. The molecule has 0 unspecified atom stereocenters. The van der Waals surface area contributed by atoms with E-state index in [9.17, 15) is 4.79 Å². The Hall–Kier alpha value is -2.04. The third kappa shape index (κ3) is 3.98. The number of likely N-dealkylation sites (N-methyl/N-ethyl adjacent to an activating group) is 1. The van der Waals surface area contributed by atoms with Crippen molar-refractivity contribution in [3.63, 3.8) is 0 Å². The van der Waals surface area contributed by atoms with E-state index in [1.807, 2.05) is 26.0 Å². The third-order valence-electron chi connectivity index (χ3n) is 2.93.